The van der Waals surface area contributed by atoms with Crippen molar-refractivity contribution in [2.75, 3.05) is 5.32 Å². The molecule has 1 aliphatic carbocycles. The van der Waals surface area contributed by atoms with Gasteiger partial charge >= 0.3 is 5.97 Å². The number of rotatable bonds is 3. The van der Waals surface area contributed by atoms with Crippen molar-refractivity contribution in [1.82, 2.24) is 5.32 Å². The van der Waals surface area contributed by atoms with Gasteiger partial charge in [-0.15, -0.1) is 0 Å². The van der Waals surface area contributed by atoms with E-state index in [9.17, 15) is 18.8 Å². The minimum absolute atomic E-state index is 0.000452. The fourth-order valence-corrected chi connectivity index (χ4v) is 3.31. The average molecular weight is 320 g/mol. The summed E-state index contributed by atoms with van der Waals surface area (Å²) < 4.78 is 13.3. The Balaban J connectivity index is 1.73. The molecule has 6 nitrogen and oxygen atoms in total. The second-order valence-electron chi connectivity index (χ2n) is 6.09. The molecule has 3 atom stereocenters. The van der Waals surface area contributed by atoms with Crippen molar-refractivity contribution in [3.63, 3.8) is 0 Å². The largest absolute Gasteiger partial charge is 0.481 e. The van der Waals surface area contributed by atoms with Gasteiger partial charge in [0, 0.05) is 18.2 Å². The third-order valence-electron chi connectivity index (χ3n) is 4.50. The Bertz CT molecular complexity index is 676. The second-order valence-corrected chi connectivity index (χ2v) is 6.09. The number of benzene rings is 1. The first kappa shape index (κ1) is 15.5. The maximum absolute atomic E-state index is 13.3. The molecule has 1 heterocycles. The summed E-state index contributed by atoms with van der Waals surface area (Å²) in [6, 6.07) is 3.76. The Kier molecular flexibility index (Phi) is 4.02. The molecule has 0 radical (unpaired) electrons. The molecule has 23 heavy (non-hydrogen) atoms. The summed E-state index contributed by atoms with van der Waals surface area (Å²) in [5.41, 5.74) is 0.896. The zero-order valence-corrected chi connectivity index (χ0v) is 12.3. The molecule has 1 saturated carbocycles. The Morgan fingerprint density at radius 3 is 2.78 bits per heavy atom. The maximum atomic E-state index is 13.3. The molecule has 0 spiro atoms. The summed E-state index contributed by atoms with van der Waals surface area (Å²) in [5, 5.41) is 14.4. The summed E-state index contributed by atoms with van der Waals surface area (Å²) in [4.78, 5) is 35.2. The highest BCUT2D eigenvalue weighted by Gasteiger charge is 2.35. The van der Waals surface area contributed by atoms with Crippen molar-refractivity contribution in [3.05, 3.63) is 29.6 Å². The molecular formula is C16H17FN2O4. The number of halogens is 1. The Hall–Kier alpha value is -2.44. The minimum atomic E-state index is -0.848. The Labute approximate surface area is 132 Å². The monoisotopic (exact) mass is 320 g/mol. The van der Waals surface area contributed by atoms with E-state index in [0.29, 0.717) is 30.5 Å². The molecule has 2 amide bonds. The summed E-state index contributed by atoms with van der Waals surface area (Å²) in [6.07, 6.45) is 1.54. The molecule has 0 aromatic heterocycles. The molecule has 1 aliphatic heterocycles. The molecular weight excluding hydrogens is 303 g/mol. The lowest BCUT2D eigenvalue weighted by atomic mass is 9.89. The molecule has 122 valence electrons. The molecule has 2 aliphatic rings. The minimum Gasteiger partial charge on any atom is -0.481 e. The number of carboxylic acids is 1. The average Bonchev–Trinajstić information content (AvgIpc) is 2.94. The van der Waals surface area contributed by atoms with Crippen LogP contribution in [-0.4, -0.2) is 28.9 Å². The van der Waals surface area contributed by atoms with Gasteiger partial charge in [0.1, 0.15) is 5.82 Å². The van der Waals surface area contributed by atoms with E-state index in [-0.39, 0.29) is 24.3 Å². The van der Waals surface area contributed by atoms with Crippen LogP contribution in [0.2, 0.25) is 0 Å². The van der Waals surface area contributed by atoms with Crippen LogP contribution >= 0.6 is 0 Å². The van der Waals surface area contributed by atoms with E-state index < -0.39 is 23.6 Å². The van der Waals surface area contributed by atoms with Gasteiger partial charge in [-0.2, -0.15) is 0 Å². The fraction of sp³-hybridized carbons (Fsp3) is 0.438. The second kappa shape index (κ2) is 5.98. The lowest BCUT2D eigenvalue weighted by Gasteiger charge is -2.26. The number of anilines is 1. The zero-order chi connectivity index (χ0) is 16.6. The summed E-state index contributed by atoms with van der Waals surface area (Å²) in [6.45, 7) is 0. The van der Waals surface area contributed by atoms with Crippen molar-refractivity contribution in [1.29, 1.82) is 0 Å². The number of hydrogen-bond donors (Lipinski definition) is 3. The summed E-state index contributed by atoms with van der Waals surface area (Å²) >= 11 is 0. The van der Waals surface area contributed by atoms with Crippen LogP contribution in [0, 0.1) is 11.7 Å². The lowest BCUT2D eigenvalue weighted by molar-refractivity contribution is -0.141. The molecule has 3 N–H and O–H groups in total. The number of fused-ring (bicyclic) bond motifs is 1. The predicted molar refractivity (Wildman–Crippen MR) is 79.3 cm³/mol. The van der Waals surface area contributed by atoms with Crippen molar-refractivity contribution in [2.45, 2.75) is 37.6 Å². The van der Waals surface area contributed by atoms with Gasteiger partial charge in [-0.25, -0.2) is 4.39 Å². The van der Waals surface area contributed by atoms with Gasteiger partial charge in [-0.1, -0.05) is 6.07 Å². The summed E-state index contributed by atoms with van der Waals surface area (Å²) in [7, 11) is 0. The van der Waals surface area contributed by atoms with Crippen molar-refractivity contribution < 1.29 is 23.9 Å². The van der Waals surface area contributed by atoms with Crippen LogP contribution in [0.4, 0.5) is 10.1 Å². The van der Waals surface area contributed by atoms with Crippen molar-refractivity contribution in [3.8, 4) is 0 Å². The van der Waals surface area contributed by atoms with Crippen LogP contribution in [0.15, 0.2) is 18.2 Å². The third kappa shape index (κ3) is 3.18. The highest BCUT2D eigenvalue weighted by molar-refractivity contribution is 6.01. The fourth-order valence-electron chi connectivity index (χ4n) is 3.31. The predicted octanol–water partition coefficient (Wildman–Crippen LogP) is 1.62. The van der Waals surface area contributed by atoms with Crippen LogP contribution < -0.4 is 10.6 Å². The van der Waals surface area contributed by atoms with Crippen molar-refractivity contribution in [2.24, 2.45) is 5.92 Å². The van der Waals surface area contributed by atoms with E-state index in [1.807, 2.05) is 0 Å². The van der Waals surface area contributed by atoms with E-state index in [4.69, 9.17) is 5.11 Å². The first-order chi connectivity index (χ1) is 10.9. The van der Waals surface area contributed by atoms with Crippen molar-refractivity contribution >= 4 is 23.5 Å². The maximum Gasteiger partial charge on any atom is 0.306 e. The highest BCUT2D eigenvalue weighted by atomic mass is 19.1. The third-order valence-corrected chi connectivity index (χ3v) is 4.50. The number of nitrogens with one attached hydrogen (secondary N) is 2. The van der Waals surface area contributed by atoms with Gasteiger partial charge in [0.2, 0.25) is 11.8 Å². The van der Waals surface area contributed by atoms with Gasteiger partial charge in [0.05, 0.1) is 11.8 Å². The number of carbonyl (C=O) groups excluding carboxylic acids is 2. The van der Waals surface area contributed by atoms with E-state index in [0.717, 1.165) is 0 Å². The molecule has 3 rings (SSSR count). The quantitative estimate of drug-likeness (QED) is 0.788. The van der Waals surface area contributed by atoms with Gasteiger partial charge in [-0.3, -0.25) is 14.4 Å². The van der Waals surface area contributed by atoms with Gasteiger partial charge in [-0.05, 0) is 37.0 Å². The van der Waals surface area contributed by atoms with Crippen LogP contribution in [0.1, 0.15) is 37.2 Å². The number of carboxylic acid groups (broad SMARTS) is 1. The molecule has 0 saturated heterocycles. The van der Waals surface area contributed by atoms with Gasteiger partial charge in [0.15, 0.2) is 0 Å². The molecule has 1 aromatic carbocycles. The van der Waals surface area contributed by atoms with Gasteiger partial charge in [0.25, 0.3) is 0 Å². The zero-order valence-electron chi connectivity index (χ0n) is 12.3. The lowest BCUT2D eigenvalue weighted by Crippen LogP contribution is -2.39. The van der Waals surface area contributed by atoms with Gasteiger partial charge < -0.3 is 15.7 Å². The molecule has 1 fully saturated rings. The smallest absolute Gasteiger partial charge is 0.306 e. The Morgan fingerprint density at radius 2 is 2.09 bits per heavy atom. The summed E-state index contributed by atoms with van der Waals surface area (Å²) in [5.74, 6) is -3.09. The molecule has 1 unspecified atom stereocenters. The van der Waals surface area contributed by atoms with E-state index in [2.05, 4.69) is 10.6 Å². The van der Waals surface area contributed by atoms with Crippen LogP contribution in [0.3, 0.4) is 0 Å². The van der Waals surface area contributed by atoms with Crippen LogP contribution in [0.25, 0.3) is 0 Å². The standard InChI is InChI=1S/C16H17FN2O4/c17-9-2-4-11-12(7-14(20)19-13(11)6-9)15(21)18-10-3-1-8(5-10)16(22)23/h2,4,6,8,10,12H,1,3,5,7H2,(H,18,21)(H,19,20)(H,22,23)/t8-,10+,12?/m0/s1. The van der Waals surface area contributed by atoms with Crippen LogP contribution in [-0.2, 0) is 14.4 Å². The normalized spacial score (nSPS) is 26.3. The number of aliphatic carboxylic acids is 1. The first-order valence-electron chi connectivity index (χ1n) is 7.56. The Morgan fingerprint density at radius 1 is 1.30 bits per heavy atom. The van der Waals surface area contributed by atoms with E-state index in [1.165, 1.54) is 18.2 Å². The SMILES string of the molecule is O=C1CC(C(=O)N[C@@H]2CC[C@H](C(=O)O)C2)c2ccc(F)cc2N1. The molecule has 7 heteroatoms. The first-order valence-corrected chi connectivity index (χ1v) is 7.56. The molecule has 0 bridgehead atoms. The van der Waals surface area contributed by atoms with E-state index >= 15 is 0 Å². The topological polar surface area (TPSA) is 95.5 Å². The number of amides is 2. The highest BCUT2D eigenvalue weighted by Crippen LogP contribution is 2.34. The van der Waals surface area contributed by atoms with E-state index in [1.54, 1.807) is 0 Å². The molecule has 1 aromatic rings. The number of carbonyl (C=O) groups is 3. The van der Waals surface area contributed by atoms with Crippen LogP contribution in [0.5, 0.6) is 0 Å². The number of hydrogen-bond acceptors (Lipinski definition) is 3.